The van der Waals surface area contributed by atoms with Gasteiger partial charge in [-0.15, -0.1) is 0 Å². The number of pyridine rings is 1. The minimum atomic E-state index is -3.80. The number of benzene rings is 1. The summed E-state index contributed by atoms with van der Waals surface area (Å²) in [7, 11) is -3.80. The van der Waals surface area contributed by atoms with Gasteiger partial charge in [-0.1, -0.05) is 39.0 Å². The van der Waals surface area contributed by atoms with Gasteiger partial charge < -0.3 is 0 Å². The molecule has 4 nitrogen and oxygen atoms in total. The largest absolute Gasteiger partial charge is 0.299 e. The molecule has 24 heavy (non-hydrogen) atoms. The average molecular weight is 347 g/mol. The number of nitrogens with zero attached hydrogens (tertiary/aromatic N) is 1. The second kappa shape index (κ2) is 6.45. The lowest BCUT2D eigenvalue weighted by Crippen LogP contribution is -2.30. The van der Waals surface area contributed by atoms with E-state index in [1.54, 1.807) is 24.4 Å². The fourth-order valence-electron chi connectivity index (χ4n) is 3.53. The summed E-state index contributed by atoms with van der Waals surface area (Å²) < 4.78 is 31.0. The molecule has 1 aliphatic carbocycles. The number of hydrogen-bond acceptors (Lipinski definition) is 4. The fourth-order valence-corrected chi connectivity index (χ4v) is 4.84. The number of rotatable bonds is 3. The van der Waals surface area contributed by atoms with E-state index in [4.69, 9.17) is 4.18 Å². The molecule has 0 radical (unpaired) electrons. The first kappa shape index (κ1) is 17.4. The third-order valence-electron chi connectivity index (χ3n) is 5.03. The van der Waals surface area contributed by atoms with E-state index in [9.17, 15) is 8.42 Å². The Morgan fingerprint density at radius 3 is 2.38 bits per heavy atom. The molecule has 2 aromatic rings. The van der Waals surface area contributed by atoms with Gasteiger partial charge >= 0.3 is 0 Å². The summed E-state index contributed by atoms with van der Waals surface area (Å²) in [5, 5.41) is 0.804. The second-order valence-electron chi connectivity index (χ2n) is 7.72. The van der Waals surface area contributed by atoms with Crippen molar-refractivity contribution in [2.75, 3.05) is 0 Å². The maximum atomic E-state index is 12.7. The lowest BCUT2D eigenvalue weighted by Gasteiger charge is -2.36. The highest BCUT2D eigenvalue weighted by atomic mass is 32.2. The molecule has 1 heterocycles. The topological polar surface area (TPSA) is 56.3 Å². The van der Waals surface area contributed by atoms with Crippen LogP contribution in [-0.4, -0.2) is 19.5 Å². The molecule has 1 fully saturated rings. The van der Waals surface area contributed by atoms with Crippen LogP contribution in [0.25, 0.3) is 10.9 Å². The quantitative estimate of drug-likeness (QED) is 0.765. The minimum Gasteiger partial charge on any atom is -0.263 e. The third-order valence-corrected chi connectivity index (χ3v) is 6.42. The van der Waals surface area contributed by atoms with E-state index < -0.39 is 10.1 Å². The zero-order valence-electron chi connectivity index (χ0n) is 14.5. The second-order valence-corrected chi connectivity index (χ2v) is 9.26. The molecule has 5 heteroatoms. The van der Waals surface area contributed by atoms with E-state index in [0.29, 0.717) is 11.4 Å². The number of hydrogen-bond donors (Lipinski definition) is 0. The highest BCUT2D eigenvalue weighted by Crippen LogP contribution is 2.39. The maximum absolute atomic E-state index is 12.7. The zero-order chi connectivity index (χ0) is 17.4. The van der Waals surface area contributed by atoms with Gasteiger partial charge in [-0.25, -0.2) is 0 Å². The van der Waals surface area contributed by atoms with Crippen LogP contribution in [-0.2, 0) is 14.3 Å². The van der Waals surface area contributed by atoms with Crippen LogP contribution in [0.1, 0.15) is 46.5 Å². The molecule has 0 atom stereocenters. The number of aromatic nitrogens is 1. The summed E-state index contributed by atoms with van der Waals surface area (Å²) in [5.74, 6) is 0.624. The summed E-state index contributed by atoms with van der Waals surface area (Å²) in [6.07, 6.45) is 4.98. The van der Waals surface area contributed by atoms with Gasteiger partial charge in [0.15, 0.2) is 0 Å². The molecule has 1 saturated carbocycles. The van der Waals surface area contributed by atoms with Crippen molar-refractivity contribution in [3.8, 4) is 0 Å². The van der Waals surface area contributed by atoms with E-state index in [1.165, 1.54) is 0 Å². The number of fused-ring (bicyclic) bond motifs is 1. The smallest absolute Gasteiger partial charge is 0.263 e. The Kier molecular flexibility index (Phi) is 4.67. The first-order chi connectivity index (χ1) is 11.3. The predicted octanol–water partition coefficient (Wildman–Crippen LogP) is 4.55. The monoisotopic (exact) mass is 347 g/mol. The lowest BCUT2D eigenvalue weighted by atomic mass is 9.72. The van der Waals surface area contributed by atoms with E-state index in [1.807, 2.05) is 12.1 Å². The van der Waals surface area contributed by atoms with Gasteiger partial charge in [0.25, 0.3) is 10.1 Å². The Morgan fingerprint density at radius 2 is 1.71 bits per heavy atom. The summed E-state index contributed by atoms with van der Waals surface area (Å²) in [4.78, 5) is 4.39. The molecular formula is C19H25NO3S. The summed E-state index contributed by atoms with van der Waals surface area (Å²) in [5.41, 5.74) is 0.743. The lowest BCUT2D eigenvalue weighted by molar-refractivity contribution is 0.0925. The van der Waals surface area contributed by atoms with Crippen LogP contribution in [0.15, 0.2) is 41.4 Å². The minimum absolute atomic E-state index is 0.165. The van der Waals surface area contributed by atoms with Crippen molar-refractivity contribution in [2.45, 2.75) is 57.5 Å². The molecule has 1 aliphatic rings. The molecule has 0 spiro atoms. The first-order valence-corrected chi connectivity index (χ1v) is 9.95. The van der Waals surface area contributed by atoms with Crippen molar-refractivity contribution >= 4 is 21.0 Å². The average Bonchev–Trinajstić information content (AvgIpc) is 2.53. The Bertz CT molecular complexity index is 811. The Balaban J connectivity index is 1.78. The van der Waals surface area contributed by atoms with Crippen LogP contribution in [0.4, 0.5) is 0 Å². The van der Waals surface area contributed by atoms with Gasteiger partial charge in [-0.2, -0.15) is 8.42 Å². The molecule has 0 bridgehead atoms. The highest BCUT2D eigenvalue weighted by molar-refractivity contribution is 7.87. The molecule has 0 amide bonds. The van der Waals surface area contributed by atoms with E-state index in [0.717, 1.165) is 31.1 Å². The van der Waals surface area contributed by atoms with E-state index in [2.05, 4.69) is 25.8 Å². The van der Waals surface area contributed by atoms with Gasteiger partial charge in [0.1, 0.15) is 4.90 Å². The SMILES string of the molecule is CC(C)(C)C1CCC(OS(=O)(=O)c2cccc3cccnc23)CC1. The van der Waals surface area contributed by atoms with Crippen molar-refractivity contribution in [1.82, 2.24) is 4.98 Å². The van der Waals surface area contributed by atoms with Crippen molar-refractivity contribution in [3.05, 3.63) is 36.5 Å². The summed E-state index contributed by atoms with van der Waals surface area (Å²) >= 11 is 0. The standard InChI is InChI=1S/C19H25NO3S/c1-19(2,3)15-9-11-16(12-10-15)23-24(21,22)17-8-4-6-14-7-5-13-20-18(14)17/h4-8,13,15-16H,9-12H2,1-3H3. The van der Waals surface area contributed by atoms with Crippen LogP contribution < -0.4 is 0 Å². The van der Waals surface area contributed by atoms with Gasteiger partial charge in [-0.3, -0.25) is 9.17 Å². The Morgan fingerprint density at radius 1 is 1.04 bits per heavy atom. The van der Waals surface area contributed by atoms with Crippen molar-refractivity contribution in [3.63, 3.8) is 0 Å². The van der Waals surface area contributed by atoms with Crippen molar-refractivity contribution in [2.24, 2.45) is 11.3 Å². The van der Waals surface area contributed by atoms with Gasteiger partial charge in [-0.05, 0) is 49.1 Å². The van der Waals surface area contributed by atoms with Crippen molar-refractivity contribution < 1.29 is 12.6 Å². The molecule has 1 aromatic heterocycles. The zero-order valence-corrected chi connectivity index (χ0v) is 15.3. The molecule has 3 rings (SSSR count). The van der Waals surface area contributed by atoms with Crippen LogP contribution in [0, 0.1) is 11.3 Å². The maximum Gasteiger partial charge on any atom is 0.299 e. The molecule has 130 valence electrons. The normalized spacial score (nSPS) is 22.6. The first-order valence-electron chi connectivity index (χ1n) is 8.54. The van der Waals surface area contributed by atoms with Crippen LogP contribution in [0.2, 0.25) is 0 Å². The van der Waals surface area contributed by atoms with Crippen molar-refractivity contribution in [1.29, 1.82) is 0 Å². The predicted molar refractivity (Wildman–Crippen MR) is 95.2 cm³/mol. The van der Waals surface area contributed by atoms with Crippen LogP contribution >= 0.6 is 0 Å². The van der Waals surface area contributed by atoms with E-state index >= 15 is 0 Å². The fraction of sp³-hybridized carbons (Fsp3) is 0.526. The molecule has 0 aliphatic heterocycles. The molecule has 0 saturated heterocycles. The van der Waals surface area contributed by atoms with E-state index in [-0.39, 0.29) is 16.4 Å². The van der Waals surface area contributed by atoms with Gasteiger partial charge in [0.2, 0.25) is 0 Å². The van der Waals surface area contributed by atoms with Crippen LogP contribution in [0.5, 0.6) is 0 Å². The highest BCUT2D eigenvalue weighted by Gasteiger charge is 2.32. The Hall–Kier alpha value is -1.46. The van der Waals surface area contributed by atoms with Gasteiger partial charge in [0.05, 0.1) is 11.6 Å². The Labute approximate surface area is 144 Å². The van der Waals surface area contributed by atoms with Gasteiger partial charge in [0, 0.05) is 11.6 Å². The van der Waals surface area contributed by atoms with Crippen LogP contribution in [0.3, 0.4) is 0 Å². The molecular weight excluding hydrogens is 322 g/mol. The summed E-state index contributed by atoms with van der Waals surface area (Å²) in [6, 6.07) is 8.82. The molecule has 0 N–H and O–H groups in total. The molecule has 0 unspecified atom stereocenters. The molecule has 1 aromatic carbocycles. The number of para-hydroxylation sites is 1. The third kappa shape index (κ3) is 3.62. The summed E-state index contributed by atoms with van der Waals surface area (Å²) in [6.45, 7) is 6.74.